The SMILES string of the molecule is O=C(Nc1ccc(F)cc1)C(Sc1nnc(C2CC2)n1Cc1ccco1)c1ccccc1. The van der Waals surface area contributed by atoms with Crippen molar-refractivity contribution in [1.82, 2.24) is 14.8 Å². The molecular weight excluding hydrogens is 427 g/mol. The van der Waals surface area contributed by atoms with Gasteiger partial charge in [0.25, 0.3) is 0 Å². The minimum Gasteiger partial charge on any atom is -0.467 e. The van der Waals surface area contributed by atoms with Crippen LogP contribution in [0.25, 0.3) is 0 Å². The van der Waals surface area contributed by atoms with E-state index in [1.807, 2.05) is 47.0 Å². The highest BCUT2D eigenvalue weighted by Crippen LogP contribution is 2.42. The first-order valence-electron chi connectivity index (χ1n) is 10.4. The van der Waals surface area contributed by atoms with Crippen LogP contribution in [0.15, 0.2) is 82.6 Å². The van der Waals surface area contributed by atoms with E-state index in [-0.39, 0.29) is 11.7 Å². The molecule has 4 aromatic rings. The van der Waals surface area contributed by atoms with Gasteiger partial charge in [-0.05, 0) is 54.8 Å². The van der Waals surface area contributed by atoms with Crippen molar-refractivity contribution in [3.05, 3.63) is 96.0 Å². The molecule has 2 aromatic heterocycles. The molecule has 1 aliphatic carbocycles. The Hall–Kier alpha value is -3.39. The molecule has 1 fully saturated rings. The second kappa shape index (κ2) is 9.00. The van der Waals surface area contributed by atoms with Gasteiger partial charge < -0.3 is 9.73 Å². The summed E-state index contributed by atoms with van der Waals surface area (Å²) in [6.45, 7) is 0.509. The van der Waals surface area contributed by atoms with Gasteiger partial charge in [0.1, 0.15) is 22.7 Å². The number of thioether (sulfide) groups is 1. The number of hydrogen-bond acceptors (Lipinski definition) is 5. The van der Waals surface area contributed by atoms with Crippen molar-refractivity contribution in [1.29, 1.82) is 0 Å². The average molecular weight is 449 g/mol. The highest BCUT2D eigenvalue weighted by Gasteiger charge is 2.32. The first-order chi connectivity index (χ1) is 15.7. The number of hydrogen-bond donors (Lipinski definition) is 1. The Balaban J connectivity index is 1.45. The van der Waals surface area contributed by atoms with Gasteiger partial charge >= 0.3 is 0 Å². The summed E-state index contributed by atoms with van der Waals surface area (Å²) in [5.74, 6) is 1.56. The van der Waals surface area contributed by atoms with E-state index in [2.05, 4.69) is 15.5 Å². The quantitative estimate of drug-likeness (QED) is 0.365. The zero-order valence-corrected chi connectivity index (χ0v) is 18.0. The van der Waals surface area contributed by atoms with Crippen molar-refractivity contribution in [2.45, 2.75) is 35.7 Å². The van der Waals surface area contributed by atoms with Crippen LogP contribution >= 0.6 is 11.8 Å². The van der Waals surface area contributed by atoms with E-state index in [0.717, 1.165) is 30.0 Å². The van der Waals surface area contributed by atoms with Crippen molar-refractivity contribution in [3.8, 4) is 0 Å². The van der Waals surface area contributed by atoms with Crippen LogP contribution in [0.4, 0.5) is 10.1 Å². The number of carbonyl (C=O) groups excluding carboxylic acids is 1. The molecule has 1 aliphatic rings. The molecule has 6 nitrogen and oxygen atoms in total. The molecule has 0 radical (unpaired) electrons. The number of halogens is 1. The van der Waals surface area contributed by atoms with Crippen molar-refractivity contribution < 1.29 is 13.6 Å². The topological polar surface area (TPSA) is 73.0 Å². The molecule has 162 valence electrons. The third kappa shape index (κ3) is 4.60. The van der Waals surface area contributed by atoms with Crippen LogP contribution in [0.2, 0.25) is 0 Å². The maximum absolute atomic E-state index is 13.3. The molecule has 2 heterocycles. The van der Waals surface area contributed by atoms with Crippen LogP contribution in [-0.4, -0.2) is 20.7 Å². The number of rotatable bonds is 8. The van der Waals surface area contributed by atoms with Crippen LogP contribution < -0.4 is 5.32 Å². The Morgan fingerprint density at radius 2 is 1.88 bits per heavy atom. The predicted octanol–water partition coefficient (Wildman–Crippen LogP) is 5.41. The lowest BCUT2D eigenvalue weighted by atomic mass is 10.1. The van der Waals surface area contributed by atoms with Gasteiger partial charge in [0, 0.05) is 11.6 Å². The number of nitrogens with zero attached hydrogens (tertiary/aromatic N) is 3. The highest BCUT2D eigenvalue weighted by atomic mass is 32.2. The molecular formula is C24H21FN4O2S. The summed E-state index contributed by atoms with van der Waals surface area (Å²) in [6, 6.07) is 19.0. The normalized spacial score (nSPS) is 14.3. The fourth-order valence-corrected chi connectivity index (χ4v) is 4.53. The van der Waals surface area contributed by atoms with Gasteiger partial charge in [-0.15, -0.1) is 10.2 Å². The summed E-state index contributed by atoms with van der Waals surface area (Å²) in [7, 11) is 0. The molecule has 5 rings (SSSR count). The van der Waals surface area contributed by atoms with E-state index in [1.165, 1.54) is 23.9 Å². The summed E-state index contributed by atoms with van der Waals surface area (Å²) in [5.41, 5.74) is 1.38. The maximum Gasteiger partial charge on any atom is 0.242 e. The zero-order valence-electron chi connectivity index (χ0n) is 17.1. The molecule has 32 heavy (non-hydrogen) atoms. The largest absolute Gasteiger partial charge is 0.467 e. The Labute approximate surface area is 188 Å². The number of aromatic nitrogens is 3. The Morgan fingerprint density at radius 3 is 2.56 bits per heavy atom. The lowest BCUT2D eigenvalue weighted by molar-refractivity contribution is -0.115. The zero-order chi connectivity index (χ0) is 21.9. The standard InChI is InChI=1S/C24H21FN4O2S/c25-18-10-12-19(13-11-18)26-23(30)21(16-5-2-1-3-6-16)32-24-28-27-22(17-8-9-17)29(24)15-20-7-4-14-31-20/h1-7,10-14,17,21H,8-9,15H2,(H,26,30). The minimum atomic E-state index is -0.562. The van der Waals surface area contributed by atoms with Gasteiger partial charge in [0.2, 0.25) is 5.91 Å². The van der Waals surface area contributed by atoms with Gasteiger partial charge in [-0.3, -0.25) is 9.36 Å². The van der Waals surface area contributed by atoms with Crippen molar-refractivity contribution >= 4 is 23.4 Å². The second-order valence-electron chi connectivity index (χ2n) is 7.69. The summed E-state index contributed by atoms with van der Waals surface area (Å²) in [6.07, 6.45) is 3.83. The van der Waals surface area contributed by atoms with Gasteiger partial charge in [0.05, 0.1) is 12.8 Å². The van der Waals surface area contributed by atoms with E-state index < -0.39 is 5.25 Å². The van der Waals surface area contributed by atoms with Crippen molar-refractivity contribution in [3.63, 3.8) is 0 Å². The number of benzene rings is 2. The van der Waals surface area contributed by atoms with Crippen molar-refractivity contribution in [2.75, 3.05) is 5.32 Å². The van der Waals surface area contributed by atoms with E-state index in [0.29, 0.717) is 23.3 Å². The lowest BCUT2D eigenvalue weighted by Crippen LogP contribution is -2.19. The van der Waals surface area contributed by atoms with Crippen LogP contribution in [0, 0.1) is 5.82 Å². The first kappa shape index (κ1) is 20.5. The van der Waals surface area contributed by atoms with Gasteiger partial charge in [0.15, 0.2) is 5.16 Å². The second-order valence-corrected chi connectivity index (χ2v) is 8.76. The maximum atomic E-state index is 13.3. The van der Waals surface area contributed by atoms with Crippen LogP contribution in [-0.2, 0) is 11.3 Å². The molecule has 0 bridgehead atoms. The smallest absolute Gasteiger partial charge is 0.242 e. The van der Waals surface area contributed by atoms with E-state index in [1.54, 1.807) is 18.4 Å². The van der Waals surface area contributed by atoms with Gasteiger partial charge in [-0.25, -0.2) is 4.39 Å². The number of carbonyl (C=O) groups is 1. The molecule has 8 heteroatoms. The molecule has 1 unspecified atom stereocenters. The molecule has 1 amide bonds. The molecule has 0 aliphatic heterocycles. The lowest BCUT2D eigenvalue weighted by Gasteiger charge is -2.17. The van der Waals surface area contributed by atoms with E-state index in [9.17, 15) is 9.18 Å². The summed E-state index contributed by atoms with van der Waals surface area (Å²) < 4.78 is 20.9. The number of nitrogens with one attached hydrogen (secondary N) is 1. The molecule has 1 atom stereocenters. The molecule has 0 spiro atoms. The van der Waals surface area contributed by atoms with Crippen molar-refractivity contribution in [2.24, 2.45) is 0 Å². The summed E-state index contributed by atoms with van der Waals surface area (Å²) >= 11 is 1.35. The fraction of sp³-hybridized carbons (Fsp3) is 0.208. The molecule has 0 saturated heterocycles. The predicted molar refractivity (Wildman–Crippen MR) is 120 cm³/mol. The molecule has 1 saturated carbocycles. The Kier molecular flexibility index (Phi) is 5.77. The monoisotopic (exact) mass is 448 g/mol. The van der Waals surface area contributed by atoms with Gasteiger partial charge in [-0.2, -0.15) is 0 Å². The Morgan fingerprint density at radius 1 is 1.09 bits per heavy atom. The van der Waals surface area contributed by atoms with Crippen LogP contribution in [0.3, 0.4) is 0 Å². The molecule has 1 N–H and O–H groups in total. The third-order valence-electron chi connectivity index (χ3n) is 5.26. The minimum absolute atomic E-state index is 0.215. The number of amides is 1. The summed E-state index contributed by atoms with van der Waals surface area (Å²) in [4.78, 5) is 13.3. The first-order valence-corrected chi connectivity index (χ1v) is 11.3. The summed E-state index contributed by atoms with van der Waals surface area (Å²) in [5, 5.41) is 11.9. The molecule has 2 aromatic carbocycles. The number of furan rings is 1. The van der Waals surface area contributed by atoms with E-state index in [4.69, 9.17) is 4.42 Å². The van der Waals surface area contributed by atoms with E-state index >= 15 is 0 Å². The average Bonchev–Trinajstić information content (AvgIpc) is 3.38. The fourth-order valence-electron chi connectivity index (χ4n) is 3.48. The van der Waals surface area contributed by atoms with Crippen LogP contribution in [0.1, 0.15) is 41.2 Å². The van der Waals surface area contributed by atoms with Gasteiger partial charge in [-0.1, -0.05) is 42.1 Å². The third-order valence-corrected chi connectivity index (χ3v) is 6.49. The number of anilines is 1. The van der Waals surface area contributed by atoms with Crippen LogP contribution in [0.5, 0.6) is 0 Å². The highest BCUT2D eigenvalue weighted by molar-refractivity contribution is 8.00. The Bertz CT molecular complexity index is 1190.